The number of aliphatic hydroxyl groups is 1. The SMILES string of the molecule is CC(C)CS(=O)(=O)N(C)CC(C)O. The number of sulfonamides is 1. The maximum atomic E-state index is 11.5. The van der Waals surface area contributed by atoms with E-state index in [1.165, 1.54) is 11.4 Å². The number of hydrogen-bond acceptors (Lipinski definition) is 3. The lowest BCUT2D eigenvalue weighted by molar-refractivity contribution is 0.171. The molecule has 0 aliphatic heterocycles. The quantitative estimate of drug-likeness (QED) is 0.708. The van der Waals surface area contributed by atoms with Gasteiger partial charge in [-0.15, -0.1) is 0 Å². The van der Waals surface area contributed by atoms with Crippen LogP contribution in [-0.2, 0) is 10.0 Å². The minimum atomic E-state index is -3.18. The summed E-state index contributed by atoms with van der Waals surface area (Å²) in [4.78, 5) is 0. The van der Waals surface area contributed by atoms with Crippen molar-refractivity contribution in [2.24, 2.45) is 5.92 Å². The first kappa shape index (κ1) is 12.9. The molecule has 0 aromatic heterocycles. The van der Waals surface area contributed by atoms with E-state index < -0.39 is 16.1 Å². The molecule has 0 radical (unpaired) electrons. The summed E-state index contributed by atoms with van der Waals surface area (Å²) in [6.45, 7) is 5.44. The standard InChI is InChI=1S/C8H19NO3S/c1-7(2)6-13(11,12)9(4)5-8(3)10/h7-8,10H,5-6H2,1-4H3. The van der Waals surface area contributed by atoms with Crippen LogP contribution in [0.4, 0.5) is 0 Å². The van der Waals surface area contributed by atoms with Gasteiger partial charge in [0.2, 0.25) is 10.0 Å². The molecule has 0 saturated heterocycles. The lowest BCUT2D eigenvalue weighted by Gasteiger charge is -2.19. The Morgan fingerprint density at radius 3 is 2.08 bits per heavy atom. The van der Waals surface area contributed by atoms with Gasteiger partial charge in [0.25, 0.3) is 0 Å². The monoisotopic (exact) mass is 209 g/mol. The zero-order valence-corrected chi connectivity index (χ0v) is 9.50. The smallest absolute Gasteiger partial charge is 0.214 e. The van der Waals surface area contributed by atoms with Crippen molar-refractivity contribution in [3.8, 4) is 0 Å². The largest absolute Gasteiger partial charge is 0.392 e. The molecule has 13 heavy (non-hydrogen) atoms. The number of hydrogen-bond donors (Lipinski definition) is 1. The fourth-order valence-electron chi connectivity index (χ4n) is 1.03. The van der Waals surface area contributed by atoms with Gasteiger partial charge in [-0.3, -0.25) is 0 Å². The molecule has 0 heterocycles. The minimum absolute atomic E-state index is 0.112. The maximum absolute atomic E-state index is 11.5. The molecule has 1 unspecified atom stereocenters. The molecule has 0 aliphatic carbocycles. The highest BCUT2D eigenvalue weighted by atomic mass is 32.2. The zero-order valence-electron chi connectivity index (χ0n) is 8.69. The van der Waals surface area contributed by atoms with E-state index in [0.717, 1.165) is 0 Å². The lowest BCUT2D eigenvalue weighted by atomic mass is 10.3. The molecule has 0 aromatic rings. The van der Waals surface area contributed by atoms with Gasteiger partial charge in [0.05, 0.1) is 11.9 Å². The van der Waals surface area contributed by atoms with E-state index in [2.05, 4.69) is 0 Å². The van der Waals surface area contributed by atoms with E-state index in [9.17, 15) is 8.42 Å². The summed E-state index contributed by atoms with van der Waals surface area (Å²) in [6.07, 6.45) is -0.619. The van der Waals surface area contributed by atoms with Crippen LogP contribution in [0.5, 0.6) is 0 Å². The average molecular weight is 209 g/mol. The molecule has 0 saturated carbocycles. The van der Waals surface area contributed by atoms with Crippen molar-refractivity contribution in [3.63, 3.8) is 0 Å². The third kappa shape index (κ3) is 5.23. The first-order chi connectivity index (χ1) is 5.75. The van der Waals surface area contributed by atoms with Crippen molar-refractivity contribution in [2.75, 3.05) is 19.3 Å². The van der Waals surface area contributed by atoms with E-state index in [-0.39, 0.29) is 18.2 Å². The van der Waals surface area contributed by atoms with Gasteiger partial charge in [-0.2, -0.15) is 0 Å². The molecule has 0 fully saturated rings. The van der Waals surface area contributed by atoms with Crippen LogP contribution in [0.2, 0.25) is 0 Å². The second kappa shape index (κ2) is 4.93. The molecular weight excluding hydrogens is 190 g/mol. The second-order valence-corrected chi connectivity index (χ2v) is 5.92. The van der Waals surface area contributed by atoms with Crippen LogP contribution in [0.25, 0.3) is 0 Å². The van der Waals surface area contributed by atoms with Gasteiger partial charge < -0.3 is 5.11 Å². The molecule has 0 rings (SSSR count). The summed E-state index contributed by atoms with van der Waals surface area (Å²) in [6, 6.07) is 0. The van der Waals surface area contributed by atoms with Crippen molar-refractivity contribution in [2.45, 2.75) is 26.9 Å². The Kier molecular flexibility index (Phi) is 4.88. The molecule has 0 spiro atoms. The Morgan fingerprint density at radius 1 is 1.31 bits per heavy atom. The van der Waals surface area contributed by atoms with Crippen molar-refractivity contribution in [1.82, 2.24) is 4.31 Å². The molecule has 5 heteroatoms. The Bertz CT molecular complexity index is 234. The molecule has 1 N–H and O–H groups in total. The second-order valence-electron chi connectivity index (χ2n) is 3.80. The Morgan fingerprint density at radius 2 is 1.77 bits per heavy atom. The first-order valence-corrected chi connectivity index (χ1v) is 5.98. The Hall–Kier alpha value is -0.130. The number of likely N-dealkylation sites (N-methyl/N-ethyl adjacent to an activating group) is 1. The van der Waals surface area contributed by atoms with Crippen molar-refractivity contribution >= 4 is 10.0 Å². The fraction of sp³-hybridized carbons (Fsp3) is 1.00. The van der Waals surface area contributed by atoms with Crippen LogP contribution >= 0.6 is 0 Å². The average Bonchev–Trinajstić information content (AvgIpc) is 1.81. The highest BCUT2D eigenvalue weighted by molar-refractivity contribution is 7.89. The zero-order chi connectivity index (χ0) is 10.6. The molecular formula is C8H19NO3S. The van der Waals surface area contributed by atoms with Gasteiger partial charge in [0.1, 0.15) is 0 Å². The van der Waals surface area contributed by atoms with Crippen molar-refractivity contribution in [1.29, 1.82) is 0 Å². The van der Waals surface area contributed by atoms with E-state index >= 15 is 0 Å². The van der Waals surface area contributed by atoms with Crippen LogP contribution in [-0.4, -0.2) is 43.3 Å². The summed E-state index contributed by atoms with van der Waals surface area (Å²) in [5.74, 6) is 0.248. The minimum Gasteiger partial charge on any atom is -0.392 e. The van der Waals surface area contributed by atoms with Gasteiger partial charge in [-0.05, 0) is 12.8 Å². The van der Waals surface area contributed by atoms with Gasteiger partial charge in [0, 0.05) is 13.6 Å². The van der Waals surface area contributed by atoms with Crippen LogP contribution in [0.1, 0.15) is 20.8 Å². The van der Waals surface area contributed by atoms with Crippen molar-refractivity contribution in [3.05, 3.63) is 0 Å². The third-order valence-corrected chi connectivity index (χ3v) is 3.73. The Balaban J connectivity index is 4.29. The molecule has 1 atom stereocenters. The maximum Gasteiger partial charge on any atom is 0.214 e. The molecule has 80 valence electrons. The van der Waals surface area contributed by atoms with Gasteiger partial charge in [-0.25, -0.2) is 12.7 Å². The highest BCUT2D eigenvalue weighted by Crippen LogP contribution is 2.05. The molecule has 0 bridgehead atoms. The fourth-order valence-corrected chi connectivity index (χ4v) is 2.57. The summed E-state index contributed by atoms with van der Waals surface area (Å²) >= 11 is 0. The molecule has 0 aliphatic rings. The first-order valence-electron chi connectivity index (χ1n) is 4.37. The van der Waals surface area contributed by atoms with E-state index in [0.29, 0.717) is 0 Å². The summed E-state index contributed by atoms with van der Waals surface area (Å²) in [5.41, 5.74) is 0. The van der Waals surface area contributed by atoms with Gasteiger partial charge >= 0.3 is 0 Å². The van der Waals surface area contributed by atoms with Crippen LogP contribution in [0.3, 0.4) is 0 Å². The molecule has 0 amide bonds. The normalized spacial score (nSPS) is 15.3. The molecule has 0 aromatic carbocycles. The molecule has 4 nitrogen and oxygen atoms in total. The number of rotatable bonds is 5. The van der Waals surface area contributed by atoms with E-state index in [1.54, 1.807) is 6.92 Å². The Labute approximate surface area is 80.6 Å². The number of nitrogens with zero attached hydrogens (tertiary/aromatic N) is 1. The lowest BCUT2D eigenvalue weighted by Crippen LogP contribution is -2.35. The van der Waals surface area contributed by atoms with Crippen molar-refractivity contribution < 1.29 is 13.5 Å². The summed E-state index contributed by atoms with van der Waals surface area (Å²) in [7, 11) is -1.69. The van der Waals surface area contributed by atoms with Crippen LogP contribution in [0, 0.1) is 5.92 Å². The van der Waals surface area contributed by atoms with E-state index in [1.807, 2.05) is 13.8 Å². The number of aliphatic hydroxyl groups excluding tert-OH is 1. The topological polar surface area (TPSA) is 57.6 Å². The predicted molar refractivity (Wildman–Crippen MR) is 52.9 cm³/mol. The van der Waals surface area contributed by atoms with Crippen LogP contribution in [0.15, 0.2) is 0 Å². The van der Waals surface area contributed by atoms with Gasteiger partial charge in [0.15, 0.2) is 0 Å². The summed E-state index contributed by atoms with van der Waals surface area (Å²) < 4.78 is 24.2. The van der Waals surface area contributed by atoms with Gasteiger partial charge in [-0.1, -0.05) is 13.8 Å². The summed E-state index contributed by atoms with van der Waals surface area (Å²) in [5, 5.41) is 9.01. The third-order valence-electron chi connectivity index (χ3n) is 1.54. The highest BCUT2D eigenvalue weighted by Gasteiger charge is 2.20. The van der Waals surface area contributed by atoms with Crippen LogP contribution < -0.4 is 0 Å². The predicted octanol–water partition coefficient (Wildman–Crippen LogP) is 0.285. The van der Waals surface area contributed by atoms with E-state index in [4.69, 9.17) is 5.11 Å².